The van der Waals surface area contributed by atoms with Gasteiger partial charge in [-0.15, -0.1) is 0 Å². The normalized spacial score (nSPS) is 10.9. The van der Waals surface area contributed by atoms with Crippen LogP contribution >= 0.6 is 0 Å². The van der Waals surface area contributed by atoms with Crippen molar-refractivity contribution in [3.63, 3.8) is 0 Å². The fourth-order valence-electron chi connectivity index (χ4n) is 1.76. The molecule has 0 spiro atoms. The molecular weight excluding hydrogens is 216 g/mol. The van der Waals surface area contributed by atoms with Crippen molar-refractivity contribution in [1.29, 1.82) is 0 Å². The number of aromatic amines is 1. The predicted octanol–water partition coefficient (Wildman–Crippen LogP) is 1.98. The van der Waals surface area contributed by atoms with Crippen molar-refractivity contribution in [1.82, 2.24) is 10.2 Å². The quantitative estimate of drug-likeness (QED) is 0.527. The number of nitrogens with zero attached hydrogens (tertiary/aromatic N) is 1. The molecule has 0 fully saturated rings. The topological polar surface area (TPSA) is 76.0 Å². The van der Waals surface area contributed by atoms with Gasteiger partial charge in [0.15, 0.2) is 0 Å². The lowest BCUT2D eigenvalue weighted by molar-refractivity contribution is 0.194. The second-order valence-electron chi connectivity index (χ2n) is 4.02. The minimum Gasteiger partial charge on any atom is -0.397 e. The maximum Gasteiger partial charge on any atom is 0.0672 e. The van der Waals surface area contributed by atoms with Gasteiger partial charge in [0.2, 0.25) is 0 Å². The van der Waals surface area contributed by atoms with Crippen LogP contribution in [0.5, 0.6) is 0 Å². The smallest absolute Gasteiger partial charge is 0.0672 e. The molecule has 0 aliphatic carbocycles. The van der Waals surface area contributed by atoms with Crippen LogP contribution in [0.3, 0.4) is 0 Å². The van der Waals surface area contributed by atoms with Crippen LogP contribution in [0, 0.1) is 0 Å². The minimum atomic E-state index is 0.755. The zero-order chi connectivity index (χ0) is 12.1. The molecule has 0 aliphatic heterocycles. The highest BCUT2D eigenvalue weighted by Crippen LogP contribution is 2.24. The van der Waals surface area contributed by atoms with E-state index in [1.807, 2.05) is 12.1 Å². The Labute approximate surface area is 100 Å². The highest BCUT2D eigenvalue weighted by molar-refractivity contribution is 5.88. The Morgan fingerprint density at radius 3 is 3.12 bits per heavy atom. The molecule has 0 atom stereocenters. The Hall–Kier alpha value is -1.75. The van der Waals surface area contributed by atoms with E-state index in [2.05, 4.69) is 15.5 Å². The van der Waals surface area contributed by atoms with Gasteiger partial charge in [-0.3, -0.25) is 5.10 Å². The summed E-state index contributed by atoms with van der Waals surface area (Å²) in [6.45, 7) is 1.70. The fraction of sp³-hybridized carbons (Fsp3) is 0.417. The average molecular weight is 234 g/mol. The molecule has 0 aliphatic rings. The highest BCUT2D eigenvalue weighted by Gasteiger charge is 2.02. The van der Waals surface area contributed by atoms with Gasteiger partial charge < -0.3 is 15.8 Å². The molecule has 0 saturated carbocycles. The van der Waals surface area contributed by atoms with Crippen LogP contribution in [-0.2, 0) is 4.74 Å². The lowest BCUT2D eigenvalue weighted by Gasteiger charge is -2.09. The third-order valence-electron chi connectivity index (χ3n) is 2.70. The number of benzene rings is 1. The van der Waals surface area contributed by atoms with E-state index in [0.29, 0.717) is 0 Å². The van der Waals surface area contributed by atoms with Crippen molar-refractivity contribution in [2.75, 3.05) is 31.3 Å². The summed E-state index contributed by atoms with van der Waals surface area (Å²) >= 11 is 0. The number of rotatable bonds is 6. The molecule has 1 aromatic heterocycles. The number of unbranched alkanes of at least 4 members (excludes halogenated alkanes) is 1. The molecule has 5 heteroatoms. The first-order valence-corrected chi connectivity index (χ1v) is 5.76. The molecule has 17 heavy (non-hydrogen) atoms. The van der Waals surface area contributed by atoms with Crippen LogP contribution in [0.1, 0.15) is 12.8 Å². The number of hydrogen-bond donors (Lipinski definition) is 3. The molecule has 0 unspecified atom stereocenters. The standard InChI is InChI=1S/C12H18N4O/c1-17-5-3-2-4-14-12-7-11-9(6-10(12)13)8-15-16-11/h6-8,14H,2-5,13H2,1H3,(H,15,16). The summed E-state index contributed by atoms with van der Waals surface area (Å²) < 4.78 is 5.00. The molecule has 0 bridgehead atoms. The van der Waals surface area contributed by atoms with Crippen molar-refractivity contribution in [2.45, 2.75) is 12.8 Å². The monoisotopic (exact) mass is 234 g/mol. The summed E-state index contributed by atoms with van der Waals surface area (Å²) in [5.41, 5.74) is 8.67. The summed E-state index contributed by atoms with van der Waals surface area (Å²) in [7, 11) is 1.72. The molecule has 0 saturated heterocycles. The predicted molar refractivity (Wildman–Crippen MR) is 70.1 cm³/mol. The molecule has 1 aromatic carbocycles. The summed E-state index contributed by atoms with van der Waals surface area (Å²) in [5, 5.41) is 11.3. The van der Waals surface area contributed by atoms with E-state index >= 15 is 0 Å². The average Bonchev–Trinajstić information content (AvgIpc) is 2.76. The number of ether oxygens (including phenoxy) is 1. The van der Waals surface area contributed by atoms with Crippen LogP contribution < -0.4 is 11.1 Å². The Balaban J connectivity index is 1.95. The molecule has 0 radical (unpaired) electrons. The number of nitrogens with one attached hydrogen (secondary N) is 2. The van der Waals surface area contributed by atoms with Gasteiger partial charge in [0.25, 0.3) is 0 Å². The van der Waals surface area contributed by atoms with E-state index in [-0.39, 0.29) is 0 Å². The molecule has 0 amide bonds. The first kappa shape index (κ1) is 11.7. The molecular formula is C12H18N4O. The van der Waals surface area contributed by atoms with Crippen molar-refractivity contribution in [2.24, 2.45) is 0 Å². The number of anilines is 2. The van der Waals surface area contributed by atoms with E-state index < -0.39 is 0 Å². The van der Waals surface area contributed by atoms with Crippen LogP contribution in [0.2, 0.25) is 0 Å². The third-order valence-corrected chi connectivity index (χ3v) is 2.70. The summed E-state index contributed by atoms with van der Waals surface area (Å²) in [6.07, 6.45) is 3.89. The van der Waals surface area contributed by atoms with Crippen molar-refractivity contribution < 1.29 is 4.74 Å². The highest BCUT2D eigenvalue weighted by atomic mass is 16.5. The first-order valence-electron chi connectivity index (χ1n) is 5.76. The number of nitrogen functional groups attached to an aromatic ring is 1. The molecule has 4 N–H and O–H groups in total. The van der Waals surface area contributed by atoms with Gasteiger partial charge in [0.1, 0.15) is 0 Å². The molecule has 92 valence electrons. The van der Waals surface area contributed by atoms with Crippen LogP contribution in [0.25, 0.3) is 10.9 Å². The minimum absolute atomic E-state index is 0.755. The van der Waals surface area contributed by atoms with Gasteiger partial charge in [-0.25, -0.2) is 0 Å². The van der Waals surface area contributed by atoms with E-state index in [1.54, 1.807) is 13.3 Å². The van der Waals surface area contributed by atoms with Crippen molar-refractivity contribution in [3.05, 3.63) is 18.3 Å². The van der Waals surface area contributed by atoms with E-state index in [1.165, 1.54) is 0 Å². The molecule has 2 rings (SSSR count). The largest absolute Gasteiger partial charge is 0.397 e. The number of nitrogens with two attached hydrogens (primary N) is 1. The second-order valence-corrected chi connectivity index (χ2v) is 4.02. The Bertz CT molecular complexity index is 480. The Morgan fingerprint density at radius 2 is 2.29 bits per heavy atom. The number of aromatic nitrogens is 2. The second kappa shape index (κ2) is 5.54. The van der Waals surface area contributed by atoms with Crippen molar-refractivity contribution >= 4 is 22.3 Å². The summed E-state index contributed by atoms with van der Waals surface area (Å²) in [4.78, 5) is 0. The molecule has 1 heterocycles. The summed E-state index contributed by atoms with van der Waals surface area (Å²) in [6, 6.07) is 3.92. The number of hydrogen-bond acceptors (Lipinski definition) is 4. The lowest BCUT2D eigenvalue weighted by atomic mass is 10.2. The molecule has 2 aromatic rings. The van der Waals surface area contributed by atoms with Gasteiger partial charge >= 0.3 is 0 Å². The Kier molecular flexibility index (Phi) is 3.82. The lowest BCUT2D eigenvalue weighted by Crippen LogP contribution is -2.05. The van der Waals surface area contributed by atoms with Crippen molar-refractivity contribution in [3.8, 4) is 0 Å². The number of H-pyrrole nitrogens is 1. The fourth-order valence-corrected chi connectivity index (χ4v) is 1.76. The first-order chi connectivity index (χ1) is 8.31. The third kappa shape index (κ3) is 2.88. The van der Waals surface area contributed by atoms with Gasteiger partial charge in [-0.1, -0.05) is 0 Å². The van der Waals surface area contributed by atoms with E-state index in [4.69, 9.17) is 10.5 Å². The zero-order valence-electron chi connectivity index (χ0n) is 9.99. The number of methoxy groups -OCH3 is 1. The van der Waals surface area contributed by atoms with Gasteiger partial charge in [-0.05, 0) is 25.0 Å². The van der Waals surface area contributed by atoms with Gasteiger partial charge in [0, 0.05) is 25.6 Å². The Morgan fingerprint density at radius 1 is 1.41 bits per heavy atom. The maximum atomic E-state index is 5.96. The SMILES string of the molecule is COCCCCNc1cc2[nH]ncc2cc1N. The van der Waals surface area contributed by atoms with Gasteiger partial charge in [0.05, 0.1) is 23.1 Å². The van der Waals surface area contributed by atoms with Crippen LogP contribution in [0.15, 0.2) is 18.3 Å². The summed E-state index contributed by atoms with van der Waals surface area (Å²) in [5.74, 6) is 0. The zero-order valence-corrected chi connectivity index (χ0v) is 9.99. The maximum absolute atomic E-state index is 5.96. The van der Waals surface area contributed by atoms with Gasteiger partial charge in [-0.2, -0.15) is 5.10 Å². The number of fused-ring (bicyclic) bond motifs is 1. The van der Waals surface area contributed by atoms with Crippen LogP contribution in [-0.4, -0.2) is 30.5 Å². The van der Waals surface area contributed by atoms with E-state index in [0.717, 1.165) is 48.3 Å². The van der Waals surface area contributed by atoms with Crippen LogP contribution in [0.4, 0.5) is 11.4 Å². The van der Waals surface area contributed by atoms with E-state index in [9.17, 15) is 0 Å². The molecule has 5 nitrogen and oxygen atoms in total.